The second kappa shape index (κ2) is 6.40. The molecule has 5 rings (SSSR count). The summed E-state index contributed by atoms with van der Waals surface area (Å²) in [4.78, 5) is 14.5. The molecule has 130 valence electrons. The van der Waals surface area contributed by atoms with Crippen molar-refractivity contribution in [1.82, 2.24) is 14.9 Å². The van der Waals surface area contributed by atoms with E-state index in [9.17, 15) is 0 Å². The van der Waals surface area contributed by atoms with Gasteiger partial charge in [0.1, 0.15) is 22.7 Å². The Morgan fingerprint density at radius 3 is 2.88 bits per heavy atom. The summed E-state index contributed by atoms with van der Waals surface area (Å²) in [6.45, 7) is 4.13. The molecule has 3 aromatic heterocycles. The number of aromatic nitrogens is 2. The maximum absolute atomic E-state index is 6.20. The minimum absolute atomic E-state index is 0.602. The third kappa shape index (κ3) is 3.03. The second-order valence-corrected chi connectivity index (χ2v) is 7.48. The number of fused-ring (bicyclic) bond motifs is 1. The molecule has 0 radical (unpaired) electrons. The monoisotopic (exact) mass is 356 g/mol. The summed E-state index contributed by atoms with van der Waals surface area (Å²) in [5.74, 6) is 3.47. The molecule has 25 heavy (non-hydrogen) atoms. The molecule has 1 aliphatic heterocycles. The van der Waals surface area contributed by atoms with E-state index >= 15 is 0 Å². The molecular formula is C18H20N4O2S. The zero-order valence-electron chi connectivity index (χ0n) is 13.9. The summed E-state index contributed by atoms with van der Waals surface area (Å²) in [6.07, 6.45) is 4.11. The smallest absolute Gasteiger partial charge is 0.202 e. The molecule has 0 atom stereocenters. The van der Waals surface area contributed by atoms with Crippen LogP contribution in [0.3, 0.4) is 0 Å². The Labute approximate surface area is 150 Å². The van der Waals surface area contributed by atoms with Crippen LogP contribution in [-0.2, 0) is 4.74 Å². The number of hydrogen-bond donors (Lipinski definition) is 0. The first kappa shape index (κ1) is 15.3. The molecule has 7 heteroatoms. The van der Waals surface area contributed by atoms with Crippen LogP contribution in [0.2, 0.25) is 0 Å². The van der Waals surface area contributed by atoms with Crippen molar-refractivity contribution in [3.8, 4) is 0 Å². The van der Waals surface area contributed by atoms with Crippen LogP contribution in [0.4, 0.5) is 11.7 Å². The van der Waals surface area contributed by atoms with E-state index in [2.05, 4.69) is 43.3 Å². The van der Waals surface area contributed by atoms with Crippen LogP contribution in [0.15, 0.2) is 34.3 Å². The fourth-order valence-electron chi connectivity index (χ4n) is 3.25. The van der Waals surface area contributed by atoms with E-state index in [0.29, 0.717) is 5.92 Å². The largest absolute Gasteiger partial charge is 0.445 e. The number of nitrogens with zero attached hydrogens (tertiary/aromatic N) is 4. The topological polar surface area (TPSA) is 54.6 Å². The molecule has 6 nitrogen and oxygen atoms in total. The van der Waals surface area contributed by atoms with Crippen LogP contribution in [0.25, 0.3) is 10.2 Å². The highest BCUT2D eigenvalue weighted by molar-refractivity contribution is 7.16. The van der Waals surface area contributed by atoms with Gasteiger partial charge in [-0.1, -0.05) is 0 Å². The summed E-state index contributed by atoms with van der Waals surface area (Å²) in [5.41, 5.74) is 0. The van der Waals surface area contributed by atoms with Crippen LogP contribution >= 0.6 is 11.3 Å². The first-order valence-electron chi connectivity index (χ1n) is 8.74. The quantitative estimate of drug-likeness (QED) is 0.696. The molecule has 0 amide bonds. The van der Waals surface area contributed by atoms with Crippen molar-refractivity contribution in [3.05, 3.63) is 35.7 Å². The minimum atomic E-state index is 0.602. The van der Waals surface area contributed by atoms with Gasteiger partial charge < -0.3 is 9.15 Å². The van der Waals surface area contributed by atoms with Crippen LogP contribution in [0, 0.1) is 0 Å². The Morgan fingerprint density at radius 1 is 1.16 bits per heavy atom. The maximum Gasteiger partial charge on any atom is 0.202 e. The normalized spacial score (nSPS) is 18.7. The first-order valence-corrected chi connectivity index (χ1v) is 9.62. The molecule has 1 aliphatic carbocycles. The molecule has 4 heterocycles. The standard InChI is InChI=1S/C18H20N4O2S/c1-2-13(1)15-3-4-16(24-15)22(12-21-6-8-23-9-7-21)17-14-5-10-25-18(14)20-11-19-17/h3-5,10-11,13H,1-2,6-9,12H2. The van der Waals surface area contributed by atoms with E-state index in [1.54, 1.807) is 17.7 Å². The average Bonchev–Trinajstić information content (AvgIpc) is 3.19. The van der Waals surface area contributed by atoms with Crippen molar-refractivity contribution in [2.75, 3.05) is 37.9 Å². The zero-order chi connectivity index (χ0) is 16.6. The predicted molar refractivity (Wildman–Crippen MR) is 97.5 cm³/mol. The van der Waals surface area contributed by atoms with Gasteiger partial charge in [-0.05, 0) is 30.4 Å². The molecular weight excluding hydrogens is 336 g/mol. The molecule has 0 unspecified atom stereocenters. The molecule has 0 bridgehead atoms. The van der Waals surface area contributed by atoms with Gasteiger partial charge in [-0.3, -0.25) is 9.80 Å². The summed E-state index contributed by atoms with van der Waals surface area (Å²) >= 11 is 1.64. The lowest BCUT2D eigenvalue weighted by Gasteiger charge is -2.32. The number of furan rings is 1. The Hall–Kier alpha value is -1.96. The van der Waals surface area contributed by atoms with Gasteiger partial charge in [0.05, 0.1) is 25.3 Å². The van der Waals surface area contributed by atoms with E-state index in [1.807, 2.05) is 0 Å². The number of anilines is 2. The molecule has 1 saturated carbocycles. The lowest BCUT2D eigenvalue weighted by molar-refractivity contribution is 0.0387. The number of morpholine rings is 1. The fourth-order valence-corrected chi connectivity index (χ4v) is 3.98. The molecule has 2 fully saturated rings. The van der Waals surface area contributed by atoms with Gasteiger partial charge in [0.25, 0.3) is 0 Å². The molecule has 0 N–H and O–H groups in total. The number of rotatable bonds is 5. The van der Waals surface area contributed by atoms with E-state index in [-0.39, 0.29) is 0 Å². The van der Waals surface area contributed by atoms with Gasteiger partial charge in [-0.2, -0.15) is 0 Å². The predicted octanol–water partition coefficient (Wildman–Crippen LogP) is 3.59. The van der Waals surface area contributed by atoms with E-state index in [4.69, 9.17) is 9.15 Å². The van der Waals surface area contributed by atoms with Gasteiger partial charge in [0.2, 0.25) is 5.88 Å². The van der Waals surface area contributed by atoms with Crippen LogP contribution in [0.5, 0.6) is 0 Å². The Bertz CT molecular complexity index is 867. The van der Waals surface area contributed by atoms with E-state index in [1.165, 1.54) is 12.8 Å². The summed E-state index contributed by atoms with van der Waals surface area (Å²) in [6, 6.07) is 6.28. The zero-order valence-corrected chi connectivity index (χ0v) is 14.7. The molecule has 1 saturated heterocycles. The fraction of sp³-hybridized carbons (Fsp3) is 0.444. The molecule has 2 aliphatic rings. The SMILES string of the molecule is c1nc(N(CN2CCOCC2)c2ccc(C3CC3)o2)c2ccsc2n1. The van der Waals surface area contributed by atoms with Crippen LogP contribution in [-0.4, -0.2) is 47.8 Å². The van der Waals surface area contributed by atoms with Crippen molar-refractivity contribution >= 4 is 33.3 Å². The van der Waals surface area contributed by atoms with Gasteiger partial charge >= 0.3 is 0 Å². The summed E-state index contributed by atoms with van der Waals surface area (Å²) in [5, 5.41) is 3.14. The lowest BCUT2D eigenvalue weighted by atomic mass is 10.3. The Morgan fingerprint density at radius 2 is 2.04 bits per heavy atom. The molecule has 0 spiro atoms. The summed E-state index contributed by atoms with van der Waals surface area (Å²) < 4.78 is 11.7. The lowest BCUT2D eigenvalue weighted by Crippen LogP contribution is -2.42. The minimum Gasteiger partial charge on any atom is -0.445 e. The maximum atomic E-state index is 6.20. The van der Waals surface area contributed by atoms with Crippen LogP contribution in [0.1, 0.15) is 24.5 Å². The van der Waals surface area contributed by atoms with E-state index in [0.717, 1.165) is 60.7 Å². The summed E-state index contributed by atoms with van der Waals surface area (Å²) in [7, 11) is 0. The highest BCUT2D eigenvalue weighted by atomic mass is 32.1. The van der Waals surface area contributed by atoms with Crippen molar-refractivity contribution < 1.29 is 9.15 Å². The average molecular weight is 356 g/mol. The number of hydrogen-bond acceptors (Lipinski definition) is 7. The number of thiophene rings is 1. The third-order valence-electron chi connectivity index (χ3n) is 4.80. The third-order valence-corrected chi connectivity index (χ3v) is 5.62. The second-order valence-electron chi connectivity index (χ2n) is 6.59. The van der Waals surface area contributed by atoms with E-state index < -0.39 is 0 Å². The van der Waals surface area contributed by atoms with Crippen molar-refractivity contribution in [3.63, 3.8) is 0 Å². The van der Waals surface area contributed by atoms with Gasteiger partial charge in [0.15, 0.2) is 0 Å². The van der Waals surface area contributed by atoms with Crippen molar-refractivity contribution in [2.24, 2.45) is 0 Å². The van der Waals surface area contributed by atoms with Gasteiger partial charge in [0, 0.05) is 25.1 Å². The Kier molecular flexibility index (Phi) is 3.92. The highest BCUT2D eigenvalue weighted by Gasteiger charge is 2.29. The van der Waals surface area contributed by atoms with Crippen molar-refractivity contribution in [1.29, 1.82) is 0 Å². The molecule has 0 aromatic carbocycles. The number of ether oxygens (including phenoxy) is 1. The first-order chi connectivity index (χ1) is 12.4. The molecule has 3 aromatic rings. The van der Waals surface area contributed by atoms with Crippen LogP contribution < -0.4 is 4.90 Å². The van der Waals surface area contributed by atoms with Gasteiger partial charge in [-0.15, -0.1) is 11.3 Å². The highest BCUT2D eigenvalue weighted by Crippen LogP contribution is 2.43. The Balaban J connectivity index is 1.53. The van der Waals surface area contributed by atoms with Gasteiger partial charge in [-0.25, -0.2) is 9.97 Å². The van der Waals surface area contributed by atoms with Crippen molar-refractivity contribution in [2.45, 2.75) is 18.8 Å².